The van der Waals surface area contributed by atoms with Crippen LogP contribution in [0.3, 0.4) is 0 Å². The molecule has 1 heterocycles. The predicted octanol–water partition coefficient (Wildman–Crippen LogP) is 3.95. The normalized spacial score (nSPS) is 14.6. The van der Waals surface area contributed by atoms with Crippen molar-refractivity contribution in [3.8, 4) is 0 Å². The first-order valence-electron chi connectivity index (χ1n) is 7.04. The zero-order chi connectivity index (χ0) is 17.0. The quantitative estimate of drug-likeness (QED) is 0.790. The van der Waals surface area contributed by atoms with Crippen molar-refractivity contribution >= 4 is 52.6 Å². The number of hydrogen-bond acceptors (Lipinski definition) is 3. The number of benzene rings is 1. The Labute approximate surface area is 149 Å². The number of nitrogens with one attached hydrogen (secondary N) is 1. The molecule has 1 aliphatic rings. The van der Waals surface area contributed by atoms with Crippen molar-refractivity contribution in [1.82, 2.24) is 9.80 Å². The zero-order valence-corrected chi connectivity index (χ0v) is 14.7. The van der Waals surface area contributed by atoms with Gasteiger partial charge in [0.25, 0.3) is 0 Å². The van der Waals surface area contributed by atoms with Gasteiger partial charge in [-0.25, -0.2) is 9.59 Å². The van der Waals surface area contributed by atoms with E-state index in [0.29, 0.717) is 53.5 Å². The molecule has 23 heavy (non-hydrogen) atoms. The van der Waals surface area contributed by atoms with E-state index in [4.69, 9.17) is 39.5 Å². The van der Waals surface area contributed by atoms with Crippen molar-refractivity contribution in [1.29, 1.82) is 0 Å². The van der Waals surface area contributed by atoms with Gasteiger partial charge in [0.1, 0.15) is 0 Å². The molecule has 1 N–H and O–H groups in total. The van der Waals surface area contributed by atoms with Gasteiger partial charge in [-0.1, -0.05) is 34.8 Å². The highest BCUT2D eigenvalue weighted by Crippen LogP contribution is 2.32. The molecule has 3 amide bonds. The predicted molar refractivity (Wildman–Crippen MR) is 90.7 cm³/mol. The van der Waals surface area contributed by atoms with E-state index in [1.54, 1.807) is 16.7 Å². The third-order valence-corrected chi connectivity index (χ3v) is 4.38. The molecule has 9 heteroatoms. The Kier molecular flexibility index (Phi) is 6.21. The summed E-state index contributed by atoms with van der Waals surface area (Å²) >= 11 is 17.8. The summed E-state index contributed by atoms with van der Waals surface area (Å²) in [4.78, 5) is 27.0. The molecule has 0 bridgehead atoms. The number of anilines is 1. The molecule has 1 aliphatic heterocycles. The molecule has 6 nitrogen and oxygen atoms in total. The summed E-state index contributed by atoms with van der Waals surface area (Å²) in [6.07, 6.45) is -0.361. The van der Waals surface area contributed by atoms with Crippen LogP contribution in [0.1, 0.15) is 6.92 Å². The number of carbonyl (C=O) groups excluding carboxylic acids is 2. The summed E-state index contributed by atoms with van der Waals surface area (Å²) in [6, 6.07) is 2.66. The van der Waals surface area contributed by atoms with Crippen LogP contribution in [0, 0.1) is 0 Å². The van der Waals surface area contributed by atoms with Gasteiger partial charge >= 0.3 is 12.1 Å². The molecule has 0 unspecified atom stereocenters. The van der Waals surface area contributed by atoms with Gasteiger partial charge in [0.05, 0.1) is 27.4 Å². The van der Waals surface area contributed by atoms with Crippen molar-refractivity contribution < 1.29 is 14.3 Å². The molecule has 126 valence electrons. The van der Waals surface area contributed by atoms with Crippen LogP contribution < -0.4 is 5.32 Å². The summed E-state index contributed by atoms with van der Waals surface area (Å²) in [5, 5.41) is 3.62. The monoisotopic (exact) mass is 379 g/mol. The number of nitrogens with zero attached hydrogens (tertiary/aromatic N) is 2. The van der Waals surface area contributed by atoms with Gasteiger partial charge in [0, 0.05) is 26.2 Å². The fraction of sp³-hybridized carbons (Fsp3) is 0.429. The van der Waals surface area contributed by atoms with E-state index in [-0.39, 0.29) is 12.1 Å². The van der Waals surface area contributed by atoms with E-state index in [1.165, 1.54) is 12.1 Å². The molecular formula is C14H16Cl3N3O3. The van der Waals surface area contributed by atoms with Crippen molar-refractivity contribution in [3.63, 3.8) is 0 Å². The number of rotatable bonds is 2. The topological polar surface area (TPSA) is 61.9 Å². The number of amides is 3. The van der Waals surface area contributed by atoms with E-state index < -0.39 is 0 Å². The third kappa shape index (κ3) is 4.56. The summed E-state index contributed by atoms with van der Waals surface area (Å²) < 4.78 is 4.94. The van der Waals surface area contributed by atoms with Gasteiger partial charge in [0.15, 0.2) is 0 Å². The smallest absolute Gasteiger partial charge is 0.409 e. The van der Waals surface area contributed by atoms with E-state index in [2.05, 4.69) is 5.32 Å². The van der Waals surface area contributed by atoms with Crippen molar-refractivity contribution in [2.24, 2.45) is 0 Å². The molecule has 1 saturated heterocycles. The summed E-state index contributed by atoms with van der Waals surface area (Å²) in [5.41, 5.74) is 0.388. The van der Waals surface area contributed by atoms with Crippen LogP contribution in [0.5, 0.6) is 0 Å². The maximum atomic E-state index is 12.3. The van der Waals surface area contributed by atoms with Gasteiger partial charge in [0.2, 0.25) is 0 Å². The number of piperazine rings is 1. The van der Waals surface area contributed by atoms with Crippen molar-refractivity contribution in [2.45, 2.75) is 6.92 Å². The molecule has 1 fully saturated rings. The Bertz CT molecular complexity index is 604. The van der Waals surface area contributed by atoms with E-state index >= 15 is 0 Å². The minimum absolute atomic E-state index is 0.304. The lowest BCUT2D eigenvalue weighted by Gasteiger charge is -2.34. The lowest BCUT2D eigenvalue weighted by Crippen LogP contribution is -2.51. The summed E-state index contributed by atoms with van der Waals surface area (Å²) in [7, 11) is 0. The molecule has 0 atom stereocenters. The zero-order valence-electron chi connectivity index (χ0n) is 12.4. The van der Waals surface area contributed by atoms with Crippen LogP contribution in [0.4, 0.5) is 15.3 Å². The molecule has 0 spiro atoms. The van der Waals surface area contributed by atoms with Crippen LogP contribution in [-0.4, -0.2) is 54.7 Å². The Morgan fingerprint density at radius 2 is 1.61 bits per heavy atom. The van der Waals surface area contributed by atoms with Crippen LogP contribution in [0.2, 0.25) is 15.1 Å². The first-order chi connectivity index (χ1) is 10.9. The van der Waals surface area contributed by atoms with Crippen LogP contribution in [0.15, 0.2) is 12.1 Å². The van der Waals surface area contributed by atoms with Crippen molar-refractivity contribution in [3.05, 3.63) is 27.2 Å². The second-order valence-corrected chi connectivity index (χ2v) is 6.07. The lowest BCUT2D eigenvalue weighted by molar-refractivity contribution is 0.0868. The fourth-order valence-electron chi connectivity index (χ4n) is 2.12. The van der Waals surface area contributed by atoms with Crippen molar-refractivity contribution in [2.75, 3.05) is 38.1 Å². The molecule has 0 radical (unpaired) electrons. The summed E-state index contributed by atoms with van der Waals surface area (Å²) in [6.45, 7) is 3.73. The maximum Gasteiger partial charge on any atom is 0.409 e. The number of halogens is 3. The molecule has 0 aromatic heterocycles. The second-order valence-electron chi connectivity index (χ2n) is 4.85. The standard InChI is InChI=1S/C14H16Cl3N3O3/c1-2-23-14(22)20-5-3-19(4-6-20)13(21)18-12-8-10(16)9(15)7-11(12)17/h7-8H,2-6H2,1H3,(H,18,21). The Hall–Kier alpha value is -1.37. The average molecular weight is 381 g/mol. The van der Waals surface area contributed by atoms with Crippen LogP contribution in [0.25, 0.3) is 0 Å². The lowest BCUT2D eigenvalue weighted by atomic mass is 10.3. The van der Waals surface area contributed by atoms with E-state index in [0.717, 1.165) is 0 Å². The highest BCUT2D eigenvalue weighted by molar-refractivity contribution is 6.44. The maximum absolute atomic E-state index is 12.3. The first-order valence-corrected chi connectivity index (χ1v) is 8.18. The first kappa shape index (κ1) is 18.0. The number of ether oxygens (including phenoxy) is 1. The minimum Gasteiger partial charge on any atom is -0.450 e. The van der Waals surface area contributed by atoms with Gasteiger partial charge in [-0.3, -0.25) is 0 Å². The van der Waals surface area contributed by atoms with E-state index in [9.17, 15) is 9.59 Å². The summed E-state index contributed by atoms with van der Waals surface area (Å²) in [5.74, 6) is 0. The second kappa shape index (κ2) is 7.95. The van der Waals surface area contributed by atoms with Crippen LogP contribution in [-0.2, 0) is 4.74 Å². The molecule has 0 aliphatic carbocycles. The Balaban J connectivity index is 1.93. The van der Waals surface area contributed by atoms with Gasteiger partial charge in [-0.2, -0.15) is 0 Å². The Morgan fingerprint density at radius 3 is 2.22 bits per heavy atom. The molecule has 0 saturated carbocycles. The van der Waals surface area contributed by atoms with Crippen LogP contribution >= 0.6 is 34.8 Å². The average Bonchev–Trinajstić information content (AvgIpc) is 2.53. The highest BCUT2D eigenvalue weighted by atomic mass is 35.5. The molecule has 2 rings (SSSR count). The fourth-order valence-corrected chi connectivity index (χ4v) is 2.71. The number of urea groups is 1. The van der Waals surface area contributed by atoms with E-state index in [1.807, 2.05) is 0 Å². The Morgan fingerprint density at radius 1 is 1.04 bits per heavy atom. The highest BCUT2D eigenvalue weighted by Gasteiger charge is 2.25. The minimum atomic E-state index is -0.361. The third-order valence-electron chi connectivity index (χ3n) is 3.34. The molecule has 1 aromatic rings. The van der Waals surface area contributed by atoms with Gasteiger partial charge < -0.3 is 19.9 Å². The largest absolute Gasteiger partial charge is 0.450 e. The number of hydrogen-bond donors (Lipinski definition) is 1. The molecule has 1 aromatic carbocycles. The van der Waals surface area contributed by atoms with Gasteiger partial charge in [-0.15, -0.1) is 0 Å². The molecular weight excluding hydrogens is 365 g/mol. The SMILES string of the molecule is CCOC(=O)N1CCN(C(=O)Nc2cc(Cl)c(Cl)cc2Cl)CC1. The number of carbonyl (C=O) groups is 2. The van der Waals surface area contributed by atoms with Gasteiger partial charge in [-0.05, 0) is 19.1 Å².